The molecule has 0 radical (unpaired) electrons. The van der Waals surface area contributed by atoms with Gasteiger partial charge in [0.05, 0.1) is 40.1 Å². The van der Waals surface area contributed by atoms with E-state index in [2.05, 4.69) is 9.71 Å². The highest BCUT2D eigenvalue weighted by atomic mass is 35.5. The zero-order chi connectivity index (χ0) is 39.3. The first-order chi connectivity index (χ1) is 24.5. The Balaban J connectivity index is 1.50. The molecule has 1 saturated heterocycles. The third kappa shape index (κ3) is 8.71. The highest BCUT2D eigenvalue weighted by molar-refractivity contribution is 7.91. The average Bonchev–Trinajstić information content (AvgIpc) is 3.92. The van der Waals surface area contributed by atoms with Gasteiger partial charge in [-0.05, 0) is 90.0 Å². The number of aromatic nitrogens is 1. The first-order valence-electron chi connectivity index (χ1n) is 18.1. The molecular formula is C37H49ClF3N3O8S. The Morgan fingerprint density at radius 1 is 1.15 bits per heavy atom. The summed E-state index contributed by atoms with van der Waals surface area (Å²) in [6, 6.07) is 0.426. The zero-order valence-corrected chi connectivity index (χ0v) is 32.5. The van der Waals surface area contributed by atoms with E-state index in [4.69, 9.17) is 21.1 Å². The Labute approximate surface area is 313 Å². The number of nitrogens with one attached hydrogen (secondary N) is 1. The molecule has 1 N–H and O–H groups in total. The smallest absolute Gasteiger partial charge is 0.427 e. The number of ketones is 1. The number of nitrogens with zero attached hydrogens (tertiary/aromatic N) is 2. The number of hydrogen-bond donors (Lipinski definition) is 1. The molecule has 2 saturated carbocycles. The number of hydrogen-bond acceptors (Lipinski definition) is 9. The van der Waals surface area contributed by atoms with Gasteiger partial charge in [0, 0.05) is 24.6 Å². The van der Waals surface area contributed by atoms with Crippen LogP contribution in [0.3, 0.4) is 0 Å². The molecule has 0 aromatic carbocycles. The van der Waals surface area contributed by atoms with Crippen molar-refractivity contribution in [1.82, 2.24) is 14.6 Å². The molecule has 1 aromatic rings. The van der Waals surface area contributed by atoms with E-state index in [1.807, 2.05) is 19.1 Å². The third-order valence-electron chi connectivity index (χ3n) is 11.6. The van der Waals surface area contributed by atoms with E-state index >= 15 is 0 Å². The first kappa shape index (κ1) is 41.0. The molecule has 1 aromatic heterocycles. The van der Waals surface area contributed by atoms with E-state index < -0.39 is 91.8 Å². The van der Waals surface area contributed by atoms with Crippen LogP contribution >= 0.6 is 11.6 Å². The second-order valence-corrected chi connectivity index (χ2v) is 18.9. The minimum absolute atomic E-state index is 0.0180. The van der Waals surface area contributed by atoms with E-state index in [-0.39, 0.29) is 37.6 Å². The summed E-state index contributed by atoms with van der Waals surface area (Å²) >= 11 is 6.29. The highest BCUT2D eigenvalue weighted by Crippen LogP contribution is 2.57. The molecule has 3 heterocycles. The molecule has 4 aliphatic rings. The summed E-state index contributed by atoms with van der Waals surface area (Å²) in [5.41, 5.74) is -3.64. The number of halogens is 4. The van der Waals surface area contributed by atoms with E-state index in [9.17, 15) is 40.8 Å². The summed E-state index contributed by atoms with van der Waals surface area (Å²) in [4.78, 5) is 61.6. The van der Waals surface area contributed by atoms with Gasteiger partial charge in [-0.3, -0.25) is 23.9 Å². The normalized spacial score (nSPS) is 31.3. The topological polar surface area (TPSA) is 149 Å². The fourth-order valence-corrected chi connectivity index (χ4v) is 8.89. The van der Waals surface area contributed by atoms with Gasteiger partial charge >= 0.3 is 12.1 Å². The van der Waals surface area contributed by atoms with Crippen LogP contribution in [0.5, 0.6) is 5.88 Å². The number of rotatable bonds is 8. The molecule has 0 bridgehead atoms. The lowest BCUT2D eigenvalue weighted by Crippen LogP contribution is -2.48. The van der Waals surface area contributed by atoms with Crippen molar-refractivity contribution >= 4 is 45.2 Å². The van der Waals surface area contributed by atoms with Crippen LogP contribution in [0.1, 0.15) is 98.0 Å². The maximum absolute atomic E-state index is 14.6. The van der Waals surface area contributed by atoms with Crippen molar-refractivity contribution in [1.29, 1.82) is 0 Å². The van der Waals surface area contributed by atoms with Crippen LogP contribution in [-0.2, 0) is 33.9 Å². The van der Waals surface area contributed by atoms with Crippen LogP contribution in [0.2, 0.25) is 5.02 Å². The zero-order valence-electron chi connectivity index (χ0n) is 30.9. The maximum atomic E-state index is 14.6. The second-order valence-electron chi connectivity index (χ2n) is 16.3. The first-order valence-corrected chi connectivity index (χ1v) is 20.0. The molecule has 0 spiro atoms. The minimum Gasteiger partial charge on any atom is -0.472 e. The summed E-state index contributed by atoms with van der Waals surface area (Å²) in [6.45, 7) is 8.33. The molecule has 2 amide bonds. The molecule has 3 fully saturated rings. The van der Waals surface area contributed by atoms with Gasteiger partial charge in [-0.2, -0.15) is 13.2 Å². The monoisotopic (exact) mass is 787 g/mol. The Hall–Kier alpha value is -3.20. The van der Waals surface area contributed by atoms with E-state index in [0.29, 0.717) is 42.7 Å². The average molecular weight is 788 g/mol. The molecular weight excluding hydrogens is 739 g/mol. The summed E-state index contributed by atoms with van der Waals surface area (Å²) < 4.78 is 79.5. The predicted molar refractivity (Wildman–Crippen MR) is 189 cm³/mol. The van der Waals surface area contributed by atoms with Gasteiger partial charge in [0.2, 0.25) is 33.3 Å². The van der Waals surface area contributed by atoms with Crippen LogP contribution in [0.4, 0.5) is 13.2 Å². The third-order valence-corrected chi connectivity index (χ3v) is 14.2. The number of carbonyl (C=O) groups is 4. The number of amides is 2. The number of fused-ring (bicyclic) bond motifs is 2. The number of carbonyl (C=O) groups excluding carboxylic acids is 4. The van der Waals surface area contributed by atoms with Gasteiger partial charge in [-0.1, -0.05) is 37.6 Å². The number of ether oxygens (including phenoxy) is 2. The van der Waals surface area contributed by atoms with Gasteiger partial charge in [-0.25, -0.2) is 13.4 Å². The molecule has 16 heteroatoms. The fourth-order valence-electron chi connectivity index (χ4n) is 7.42. The van der Waals surface area contributed by atoms with Gasteiger partial charge in [-0.15, -0.1) is 0 Å². The van der Waals surface area contributed by atoms with Crippen molar-refractivity contribution in [2.45, 2.75) is 128 Å². The summed E-state index contributed by atoms with van der Waals surface area (Å²) in [5, 5.41) is 0.383. The Kier molecular flexibility index (Phi) is 11.4. The minimum atomic E-state index is -4.86. The largest absolute Gasteiger partial charge is 0.472 e. The Morgan fingerprint density at radius 2 is 1.83 bits per heavy atom. The Bertz CT molecular complexity index is 1760. The number of esters is 1. The van der Waals surface area contributed by atoms with E-state index in [0.717, 1.165) is 13.8 Å². The van der Waals surface area contributed by atoms with Gasteiger partial charge in [0.25, 0.3) is 0 Å². The lowest BCUT2D eigenvalue weighted by Gasteiger charge is -2.33. The molecule has 11 nitrogen and oxygen atoms in total. The quantitative estimate of drug-likeness (QED) is 0.238. The lowest BCUT2D eigenvalue weighted by atomic mass is 9.82. The van der Waals surface area contributed by atoms with Gasteiger partial charge < -0.3 is 14.4 Å². The lowest BCUT2D eigenvalue weighted by molar-refractivity contribution is -0.257. The maximum Gasteiger partial charge on any atom is 0.427 e. The van der Waals surface area contributed by atoms with Crippen LogP contribution in [-0.4, -0.2) is 77.1 Å². The van der Waals surface area contributed by atoms with Crippen molar-refractivity contribution in [3.8, 4) is 5.88 Å². The van der Waals surface area contributed by atoms with E-state index in [1.54, 1.807) is 26.8 Å². The molecule has 294 valence electrons. The molecule has 0 unspecified atom stereocenters. The molecule has 5 rings (SSSR count). The summed E-state index contributed by atoms with van der Waals surface area (Å²) in [6.07, 6.45) is 1.29. The number of Topliss-reactive ketones (excluding diaryl/α,β-unsaturated/α-hetero) is 1. The standard InChI is InChI=1S/C37H49ClF3N3O8S/c1-21-9-7-8-10-24-18-36(24,33(48)43-53(49,50)35(6)12-13-35)19-29(45)28-16-25(51-31-23(3)27(38)11-14-42-31)20-44(28)32(47)26(22(2)15-21)17-30(46)52-34(4,5)37(39,40)41/h8,10-11,14,21-22,24-26,28H,7,9,12-13,15-20H2,1-6H3,(H,43,48)/b10-8-/t21-,22-,24-,25-,26+,28+,36-/m1/s1. The highest BCUT2D eigenvalue weighted by Gasteiger charge is 2.63. The number of sulfonamides is 1. The fraction of sp³-hybridized carbons (Fsp3) is 0.703. The van der Waals surface area contributed by atoms with Crippen molar-refractivity contribution in [2.24, 2.45) is 29.1 Å². The van der Waals surface area contributed by atoms with Gasteiger partial charge in [0.15, 0.2) is 5.78 Å². The predicted octanol–water partition coefficient (Wildman–Crippen LogP) is 6.26. The summed E-state index contributed by atoms with van der Waals surface area (Å²) in [7, 11) is -4.01. The van der Waals surface area contributed by atoms with Crippen molar-refractivity contribution in [3.05, 3.63) is 35.0 Å². The number of allylic oxidation sites excluding steroid dienone is 2. The summed E-state index contributed by atoms with van der Waals surface area (Å²) in [5.74, 6) is -4.96. The van der Waals surface area contributed by atoms with E-state index in [1.165, 1.54) is 11.1 Å². The Morgan fingerprint density at radius 3 is 2.47 bits per heavy atom. The molecule has 53 heavy (non-hydrogen) atoms. The molecule has 7 atom stereocenters. The van der Waals surface area contributed by atoms with Crippen LogP contribution in [0, 0.1) is 36.0 Å². The second kappa shape index (κ2) is 14.8. The van der Waals surface area contributed by atoms with Crippen molar-refractivity contribution in [3.63, 3.8) is 0 Å². The van der Waals surface area contributed by atoms with Crippen LogP contribution in [0.25, 0.3) is 0 Å². The van der Waals surface area contributed by atoms with Crippen molar-refractivity contribution in [2.75, 3.05) is 6.54 Å². The van der Waals surface area contributed by atoms with Crippen LogP contribution < -0.4 is 9.46 Å². The molecule has 2 aliphatic heterocycles. The van der Waals surface area contributed by atoms with Gasteiger partial charge in [0.1, 0.15) is 6.10 Å². The van der Waals surface area contributed by atoms with Crippen LogP contribution in [0.15, 0.2) is 24.4 Å². The number of pyridine rings is 1. The SMILES string of the molecule is Cc1c(Cl)ccnc1O[C@@H]1C[C@H]2C(=O)C[C@]3(C(=O)NS(=O)(=O)C4(C)CC4)C[C@H]3/C=C\CC[C@@H](C)C[C@@H](C)[C@H](CC(=O)OC(C)(C)C(F)(F)F)C(=O)N2C1. The number of alkyl halides is 3. The van der Waals surface area contributed by atoms with Crippen molar-refractivity contribution < 1.29 is 50.2 Å². The molecule has 2 aliphatic carbocycles.